The topological polar surface area (TPSA) is 32.3 Å². The fourth-order valence-corrected chi connectivity index (χ4v) is 1.81. The highest BCUT2D eigenvalue weighted by Crippen LogP contribution is 2.28. The Kier molecular flexibility index (Phi) is 3.16. The second kappa shape index (κ2) is 3.94. The lowest BCUT2D eigenvalue weighted by atomic mass is 9.80. The summed E-state index contributed by atoms with van der Waals surface area (Å²) in [5.41, 5.74) is 2.27. The van der Waals surface area contributed by atoms with E-state index in [4.69, 9.17) is 5.21 Å². The molecule has 2 unspecified atom stereocenters. The van der Waals surface area contributed by atoms with Gasteiger partial charge in [-0.2, -0.15) is 0 Å². The van der Waals surface area contributed by atoms with Crippen LogP contribution in [0.15, 0.2) is 0 Å². The zero-order valence-electron chi connectivity index (χ0n) is 6.64. The summed E-state index contributed by atoms with van der Waals surface area (Å²) in [7, 11) is 0. The van der Waals surface area contributed by atoms with Crippen LogP contribution in [0.5, 0.6) is 0 Å². The Morgan fingerprint density at radius 3 is 2.70 bits per heavy atom. The minimum Gasteiger partial charge on any atom is -0.317 e. The first kappa shape index (κ1) is 8.02. The maximum Gasteiger partial charge on any atom is 0.0238 e. The van der Waals surface area contributed by atoms with Gasteiger partial charge in [-0.1, -0.05) is 26.2 Å². The number of hydroxylamine groups is 1. The first-order chi connectivity index (χ1) is 4.84. The van der Waals surface area contributed by atoms with Crippen molar-refractivity contribution >= 4 is 0 Å². The standard InChI is InChI=1S/C8H17NO/c1-7-4-2-3-5-8(7)6-9-10/h7-10H,2-6H2,1H3. The van der Waals surface area contributed by atoms with Crippen molar-refractivity contribution < 1.29 is 5.21 Å². The van der Waals surface area contributed by atoms with Crippen LogP contribution in [0.1, 0.15) is 32.6 Å². The molecular formula is C8H17NO. The van der Waals surface area contributed by atoms with Gasteiger partial charge in [0.15, 0.2) is 0 Å². The third-order valence-electron chi connectivity index (χ3n) is 2.64. The molecule has 0 amide bonds. The molecule has 0 aromatic rings. The van der Waals surface area contributed by atoms with E-state index in [1.54, 1.807) is 0 Å². The average Bonchev–Trinajstić information content (AvgIpc) is 1.94. The molecule has 0 aliphatic heterocycles. The van der Waals surface area contributed by atoms with Crippen LogP contribution in [0.4, 0.5) is 0 Å². The van der Waals surface area contributed by atoms with Gasteiger partial charge in [-0.15, -0.1) is 0 Å². The first-order valence-electron chi connectivity index (χ1n) is 4.21. The molecule has 1 rings (SSSR count). The number of hydrogen-bond acceptors (Lipinski definition) is 2. The lowest BCUT2D eigenvalue weighted by Gasteiger charge is -2.27. The highest BCUT2D eigenvalue weighted by molar-refractivity contribution is 4.72. The third kappa shape index (κ3) is 1.96. The van der Waals surface area contributed by atoms with Crippen LogP contribution in [0.2, 0.25) is 0 Å². The van der Waals surface area contributed by atoms with Crippen molar-refractivity contribution in [1.29, 1.82) is 0 Å². The highest BCUT2D eigenvalue weighted by atomic mass is 16.5. The quantitative estimate of drug-likeness (QED) is 0.578. The summed E-state index contributed by atoms with van der Waals surface area (Å²) in [5.74, 6) is 1.51. The fourth-order valence-electron chi connectivity index (χ4n) is 1.81. The molecule has 0 bridgehead atoms. The molecule has 2 heteroatoms. The molecule has 0 aromatic carbocycles. The molecule has 2 N–H and O–H groups in total. The van der Waals surface area contributed by atoms with Gasteiger partial charge in [-0.3, -0.25) is 0 Å². The highest BCUT2D eigenvalue weighted by Gasteiger charge is 2.20. The average molecular weight is 143 g/mol. The Morgan fingerprint density at radius 1 is 1.40 bits per heavy atom. The molecule has 60 valence electrons. The summed E-state index contributed by atoms with van der Waals surface area (Å²) >= 11 is 0. The Balaban J connectivity index is 2.25. The molecule has 0 saturated heterocycles. The van der Waals surface area contributed by atoms with E-state index in [0.29, 0.717) is 5.92 Å². The van der Waals surface area contributed by atoms with Gasteiger partial charge in [0.25, 0.3) is 0 Å². The second-order valence-electron chi connectivity index (χ2n) is 3.38. The van der Waals surface area contributed by atoms with E-state index in [0.717, 1.165) is 12.5 Å². The zero-order valence-corrected chi connectivity index (χ0v) is 6.64. The van der Waals surface area contributed by atoms with E-state index in [9.17, 15) is 0 Å². The van der Waals surface area contributed by atoms with Crippen LogP contribution in [-0.2, 0) is 0 Å². The van der Waals surface area contributed by atoms with Crippen molar-refractivity contribution in [2.75, 3.05) is 6.54 Å². The number of nitrogens with one attached hydrogen (secondary N) is 1. The maximum absolute atomic E-state index is 8.49. The van der Waals surface area contributed by atoms with Gasteiger partial charge < -0.3 is 5.21 Å². The van der Waals surface area contributed by atoms with Crippen molar-refractivity contribution in [3.63, 3.8) is 0 Å². The maximum atomic E-state index is 8.49. The smallest absolute Gasteiger partial charge is 0.0238 e. The predicted octanol–water partition coefficient (Wildman–Crippen LogP) is 1.79. The molecule has 0 heterocycles. The summed E-state index contributed by atoms with van der Waals surface area (Å²) < 4.78 is 0. The van der Waals surface area contributed by atoms with Crippen molar-refractivity contribution in [2.24, 2.45) is 11.8 Å². The summed E-state index contributed by atoms with van der Waals surface area (Å²) in [6.07, 6.45) is 5.35. The van der Waals surface area contributed by atoms with Crippen molar-refractivity contribution in [1.82, 2.24) is 5.48 Å². The van der Waals surface area contributed by atoms with Gasteiger partial charge in [0.2, 0.25) is 0 Å². The van der Waals surface area contributed by atoms with Gasteiger partial charge in [0.05, 0.1) is 0 Å². The lowest BCUT2D eigenvalue weighted by molar-refractivity contribution is 0.119. The van der Waals surface area contributed by atoms with Crippen molar-refractivity contribution in [2.45, 2.75) is 32.6 Å². The van der Waals surface area contributed by atoms with Gasteiger partial charge in [0.1, 0.15) is 0 Å². The van der Waals surface area contributed by atoms with Crippen molar-refractivity contribution in [3.05, 3.63) is 0 Å². The molecule has 1 fully saturated rings. The summed E-state index contributed by atoms with van der Waals surface area (Å²) in [6.45, 7) is 3.06. The minimum absolute atomic E-state index is 0.707. The Morgan fingerprint density at radius 2 is 2.10 bits per heavy atom. The molecule has 2 atom stereocenters. The van der Waals surface area contributed by atoms with Gasteiger partial charge in [-0.25, -0.2) is 5.48 Å². The minimum atomic E-state index is 0.707. The summed E-state index contributed by atoms with van der Waals surface area (Å²) in [6, 6.07) is 0. The second-order valence-corrected chi connectivity index (χ2v) is 3.38. The van der Waals surface area contributed by atoms with Crippen molar-refractivity contribution in [3.8, 4) is 0 Å². The summed E-state index contributed by atoms with van der Waals surface area (Å²) in [4.78, 5) is 0. The van der Waals surface area contributed by atoms with Crippen LogP contribution in [0.25, 0.3) is 0 Å². The normalized spacial score (nSPS) is 34.2. The number of rotatable bonds is 2. The molecule has 2 nitrogen and oxygen atoms in total. The van der Waals surface area contributed by atoms with Crippen LogP contribution >= 0.6 is 0 Å². The largest absolute Gasteiger partial charge is 0.317 e. The molecule has 0 spiro atoms. The molecule has 0 radical (unpaired) electrons. The van der Waals surface area contributed by atoms with Gasteiger partial charge in [-0.05, 0) is 18.3 Å². The van der Waals surface area contributed by atoms with E-state index in [2.05, 4.69) is 12.4 Å². The van der Waals surface area contributed by atoms with Crippen LogP contribution in [0.3, 0.4) is 0 Å². The Labute approximate surface area is 62.6 Å². The van der Waals surface area contributed by atoms with Gasteiger partial charge in [0, 0.05) is 6.54 Å². The van der Waals surface area contributed by atoms with E-state index in [-0.39, 0.29) is 0 Å². The molecule has 1 aliphatic rings. The molecular weight excluding hydrogens is 126 g/mol. The zero-order chi connectivity index (χ0) is 7.40. The van der Waals surface area contributed by atoms with E-state index < -0.39 is 0 Å². The SMILES string of the molecule is CC1CCCCC1CNO. The first-order valence-corrected chi connectivity index (χ1v) is 4.21. The monoisotopic (exact) mass is 143 g/mol. The molecule has 10 heavy (non-hydrogen) atoms. The lowest BCUT2D eigenvalue weighted by Crippen LogP contribution is -2.27. The van der Waals surface area contributed by atoms with Crippen LogP contribution in [0, 0.1) is 11.8 Å². The Hall–Kier alpha value is -0.0800. The van der Waals surface area contributed by atoms with Gasteiger partial charge >= 0.3 is 0 Å². The summed E-state index contributed by atoms with van der Waals surface area (Å²) in [5, 5.41) is 8.49. The van der Waals surface area contributed by atoms with Crippen LogP contribution in [-0.4, -0.2) is 11.8 Å². The fraction of sp³-hybridized carbons (Fsp3) is 1.00. The van der Waals surface area contributed by atoms with Crippen LogP contribution < -0.4 is 5.48 Å². The van der Waals surface area contributed by atoms with E-state index >= 15 is 0 Å². The molecule has 1 aliphatic carbocycles. The predicted molar refractivity (Wildman–Crippen MR) is 40.9 cm³/mol. The molecule has 1 saturated carbocycles. The van der Waals surface area contributed by atoms with E-state index in [1.807, 2.05) is 0 Å². The molecule has 0 aromatic heterocycles. The third-order valence-corrected chi connectivity index (χ3v) is 2.64. The number of hydrogen-bond donors (Lipinski definition) is 2. The Bertz CT molecular complexity index is 93.3. The van der Waals surface area contributed by atoms with E-state index in [1.165, 1.54) is 25.7 Å².